The lowest BCUT2D eigenvalue weighted by Crippen LogP contribution is -2.32. The molecule has 0 atom stereocenters. The third-order valence-electron chi connectivity index (χ3n) is 5.72. The van der Waals surface area contributed by atoms with Crippen molar-refractivity contribution in [2.75, 3.05) is 19.6 Å². The number of rotatable bonds is 9. The van der Waals surface area contributed by atoms with E-state index in [9.17, 15) is 4.79 Å². The Bertz CT molecular complexity index is 776. The van der Waals surface area contributed by atoms with Gasteiger partial charge in [-0.25, -0.2) is 0 Å². The lowest BCUT2D eigenvalue weighted by molar-refractivity contribution is 0.0953. The molecule has 2 aromatic rings. The number of hydrogen-bond donors (Lipinski definition) is 1. The number of piperidine rings is 1. The maximum Gasteiger partial charge on any atom is 0.251 e. The maximum atomic E-state index is 12.4. The van der Waals surface area contributed by atoms with E-state index in [0.29, 0.717) is 6.54 Å². The molecule has 4 nitrogen and oxygen atoms in total. The summed E-state index contributed by atoms with van der Waals surface area (Å²) in [6.07, 6.45) is 4.62. The van der Waals surface area contributed by atoms with Crippen molar-refractivity contribution in [2.45, 2.75) is 59.1 Å². The molecule has 0 radical (unpaired) electrons. The first-order chi connectivity index (χ1) is 14.5. The van der Waals surface area contributed by atoms with Crippen LogP contribution in [0.25, 0.3) is 0 Å². The zero-order chi connectivity index (χ0) is 21.3. The molecule has 0 unspecified atom stereocenters. The van der Waals surface area contributed by atoms with Crippen molar-refractivity contribution < 1.29 is 9.53 Å². The number of hydrogen-bond acceptors (Lipinski definition) is 3. The van der Waals surface area contributed by atoms with Crippen LogP contribution < -0.4 is 10.1 Å². The number of ether oxygens (including phenoxy) is 1. The van der Waals surface area contributed by atoms with E-state index in [-0.39, 0.29) is 12.0 Å². The number of likely N-dealkylation sites (tertiary alicyclic amines) is 1. The van der Waals surface area contributed by atoms with Gasteiger partial charge in [0, 0.05) is 18.7 Å². The molecule has 2 aromatic carbocycles. The Morgan fingerprint density at radius 3 is 2.30 bits per heavy atom. The first kappa shape index (κ1) is 22.4. The average molecular weight is 409 g/mol. The van der Waals surface area contributed by atoms with Gasteiger partial charge in [-0.05, 0) is 93.9 Å². The van der Waals surface area contributed by atoms with Gasteiger partial charge in [-0.3, -0.25) is 9.69 Å². The van der Waals surface area contributed by atoms with E-state index in [0.717, 1.165) is 36.6 Å². The fraction of sp³-hybridized carbons (Fsp3) is 0.500. The molecular weight excluding hydrogens is 372 g/mol. The van der Waals surface area contributed by atoms with Crippen LogP contribution in [0.2, 0.25) is 0 Å². The van der Waals surface area contributed by atoms with Crippen LogP contribution in [0, 0.1) is 5.92 Å². The highest BCUT2D eigenvalue weighted by molar-refractivity contribution is 5.94. The summed E-state index contributed by atoms with van der Waals surface area (Å²) in [5.74, 6) is 1.76. The number of amides is 1. The normalized spacial score (nSPS) is 15.3. The fourth-order valence-corrected chi connectivity index (χ4v) is 3.84. The molecule has 0 aromatic heterocycles. The quantitative estimate of drug-likeness (QED) is 0.589. The lowest BCUT2D eigenvalue weighted by Gasteiger charge is -2.30. The van der Waals surface area contributed by atoms with Crippen LogP contribution in [-0.2, 0) is 13.0 Å². The van der Waals surface area contributed by atoms with E-state index in [4.69, 9.17) is 4.74 Å². The Kier molecular flexibility index (Phi) is 8.32. The average Bonchev–Trinajstić information content (AvgIpc) is 2.74. The second kappa shape index (κ2) is 11.2. The van der Waals surface area contributed by atoms with E-state index in [1.165, 1.54) is 37.1 Å². The number of benzene rings is 2. The van der Waals surface area contributed by atoms with Crippen molar-refractivity contribution in [3.8, 4) is 5.75 Å². The molecule has 0 saturated carbocycles. The van der Waals surface area contributed by atoms with E-state index in [1.54, 1.807) is 0 Å². The monoisotopic (exact) mass is 408 g/mol. The Hall–Kier alpha value is -2.33. The molecule has 4 heteroatoms. The van der Waals surface area contributed by atoms with Crippen molar-refractivity contribution in [3.05, 3.63) is 65.2 Å². The van der Waals surface area contributed by atoms with Crippen LogP contribution in [0.4, 0.5) is 0 Å². The summed E-state index contributed by atoms with van der Waals surface area (Å²) in [4.78, 5) is 14.9. The van der Waals surface area contributed by atoms with Gasteiger partial charge in [-0.2, -0.15) is 0 Å². The Balaban J connectivity index is 1.37. The van der Waals surface area contributed by atoms with Gasteiger partial charge in [0.25, 0.3) is 5.91 Å². The zero-order valence-electron chi connectivity index (χ0n) is 18.7. The summed E-state index contributed by atoms with van der Waals surface area (Å²) in [5.41, 5.74) is 3.28. The first-order valence-electron chi connectivity index (χ1n) is 11.3. The molecule has 1 N–H and O–H groups in total. The van der Waals surface area contributed by atoms with Gasteiger partial charge < -0.3 is 10.1 Å². The topological polar surface area (TPSA) is 41.6 Å². The van der Waals surface area contributed by atoms with E-state index >= 15 is 0 Å². The summed E-state index contributed by atoms with van der Waals surface area (Å²) in [5, 5.41) is 3.04. The highest BCUT2D eigenvalue weighted by Crippen LogP contribution is 2.18. The van der Waals surface area contributed by atoms with Gasteiger partial charge in [-0.1, -0.05) is 31.2 Å². The molecule has 1 saturated heterocycles. The first-order valence-corrected chi connectivity index (χ1v) is 11.3. The van der Waals surface area contributed by atoms with Gasteiger partial charge in [0.05, 0.1) is 6.10 Å². The number of nitrogens with one attached hydrogen (secondary N) is 1. The third kappa shape index (κ3) is 7.17. The molecule has 0 bridgehead atoms. The summed E-state index contributed by atoms with van der Waals surface area (Å²) in [7, 11) is 0. The number of carbonyl (C=O) groups is 1. The van der Waals surface area contributed by atoms with E-state index in [2.05, 4.69) is 41.4 Å². The second-order valence-corrected chi connectivity index (χ2v) is 8.83. The van der Waals surface area contributed by atoms with Gasteiger partial charge >= 0.3 is 0 Å². The van der Waals surface area contributed by atoms with E-state index < -0.39 is 0 Å². The molecule has 1 fully saturated rings. The SMILES string of the molecule is CC1CCN(Cc2ccc(C(=O)NCCCc3ccc(OC(C)C)cc3)cc2)CC1. The highest BCUT2D eigenvalue weighted by atomic mass is 16.5. The molecule has 1 aliphatic rings. The third-order valence-corrected chi connectivity index (χ3v) is 5.72. The molecule has 1 heterocycles. The van der Waals surface area contributed by atoms with Crippen molar-refractivity contribution in [1.29, 1.82) is 0 Å². The molecule has 1 amide bonds. The molecule has 162 valence electrons. The largest absolute Gasteiger partial charge is 0.491 e. The molecular formula is C26H36N2O2. The lowest BCUT2D eigenvalue weighted by atomic mass is 9.99. The summed E-state index contributed by atoms with van der Waals surface area (Å²) >= 11 is 0. The fourth-order valence-electron chi connectivity index (χ4n) is 3.84. The van der Waals surface area contributed by atoms with Crippen LogP contribution in [0.1, 0.15) is 61.5 Å². The van der Waals surface area contributed by atoms with Crippen LogP contribution in [0.5, 0.6) is 5.75 Å². The highest BCUT2D eigenvalue weighted by Gasteiger charge is 2.15. The molecule has 0 spiro atoms. The Labute approximate surface area is 181 Å². The van der Waals surface area contributed by atoms with Crippen molar-refractivity contribution >= 4 is 5.91 Å². The summed E-state index contributed by atoms with van der Waals surface area (Å²) in [6.45, 7) is 10.4. The maximum absolute atomic E-state index is 12.4. The van der Waals surface area contributed by atoms with Gasteiger partial charge in [0.15, 0.2) is 0 Å². The van der Waals surface area contributed by atoms with Crippen LogP contribution >= 0.6 is 0 Å². The minimum Gasteiger partial charge on any atom is -0.491 e. The van der Waals surface area contributed by atoms with Gasteiger partial charge in [0.1, 0.15) is 5.75 Å². The van der Waals surface area contributed by atoms with Gasteiger partial charge in [-0.15, -0.1) is 0 Å². The number of nitrogens with zero attached hydrogens (tertiary/aromatic N) is 1. The zero-order valence-corrected chi connectivity index (χ0v) is 18.7. The van der Waals surface area contributed by atoms with Crippen molar-refractivity contribution in [2.24, 2.45) is 5.92 Å². The predicted octanol–water partition coefficient (Wildman–Crippen LogP) is 5.07. The van der Waals surface area contributed by atoms with Crippen LogP contribution in [0.3, 0.4) is 0 Å². The number of carbonyl (C=O) groups excluding carboxylic acids is 1. The standard InChI is InChI=1S/C26H36N2O2/c1-20(2)30-25-12-8-22(9-13-25)5-4-16-27-26(29)24-10-6-23(7-11-24)19-28-17-14-21(3)15-18-28/h6-13,20-21H,4-5,14-19H2,1-3H3,(H,27,29). The molecule has 0 aliphatic carbocycles. The summed E-state index contributed by atoms with van der Waals surface area (Å²) < 4.78 is 5.67. The smallest absolute Gasteiger partial charge is 0.251 e. The van der Waals surface area contributed by atoms with Gasteiger partial charge in [0.2, 0.25) is 0 Å². The predicted molar refractivity (Wildman–Crippen MR) is 123 cm³/mol. The minimum atomic E-state index is 0.00836. The number of aryl methyl sites for hydroxylation is 1. The Morgan fingerprint density at radius 2 is 1.67 bits per heavy atom. The summed E-state index contributed by atoms with van der Waals surface area (Å²) in [6, 6.07) is 16.3. The Morgan fingerprint density at radius 1 is 1.03 bits per heavy atom. The van der Waals surface area contributed by atoms with Crippen LogP contribution in [-0.4, -0.2) is 36.5 Å². The molecule has 3 rings (SSSR count). The van der Waals surface area contributed by atoms with Crippen molar-refractivity contribution in [1.82, 2.24) is 10.2 Å². The van der Waals surface area contributed by atoms with Crippen LogP contribution in [0.15, 0.2) is 48.5 Å². The molecule has 1 aliphatic heterocycles. The molecule has 30 heavy (non-hydrogen) atoms. The minimum absolute atomic E-state index is 0.00836. The van der Waals surface area contributed by atoms with Crippen molar-refractivity contribution in [3.63, 3.8) is 0 Å². The van der Waals surface area contributed by atoms with E-state index in [1.807, 2.05) is 38.1 Å². The second-order valence-electron chi connectivity index (χ2n) is 8.83.